The number of H-pyrrole nitrogens is 1. The van der Waals surface area contributed by atoms with Crippen molar-refractivity contribution in [3.63, 3.8) is 0 Å². The van der Waals surface area contributed by atoms with E-state index >= 15 is 0 Å². The van der Waals surface area contributed by atoms with Crippen molar-refractivity contribution in [1.29, 1.82) is 0 Å². The molecule has 1 aromatic carbocycles. The third-order valence-corrected chi connectivity index (χ3v) is 6.44. The number of sulfonamides is 1. The van der Waals surface area contributed by atoms with E-state index in [2.05, 4.69) is 20.1 Å². The average Bonchev–Trinajstić information content (AvgIpc) is 3.35. The van der Waals surface area contributed by atoms with Crippen LogP contribution in [-0.2, 0) is 10.0 Å². The van der Waals surface area contributed by atoms with E-state index < -0.39 is 10.0 Å². The highest BCUT2D eigenvalue weighted by Gasteiger charge is 2.18. The first-order chi connectivity index (χ1) is 12.1. The molecule has 0 aliphatic heterocycles. The Morgan fingerprint density at radius 1 is 1.08 bits per heavy atom. The fourth-order valence-electron chi connectivity index (χ4n) is 2.31. The van der Waals surface area contributed by atoms with Crippen LogP contribution in [0.5, 0.6) is 0 Å². The van der Waals surface area contributed by atoms with Gasteiger partial charge in [0.2, 0.25) is 0 Å². The lowest BCUT2D eigenvalue weighted by molar-refractivity contribution is 0.432. The summed E-state index contributed by atoms with van der Waals surface area (Å²) in [5, 5.41) is 10.4. The molecule has 0 unspecified atom stereocenters. The van der Waals surface area contributed by atoms with Crippen LogP contribution in [0.15, 0.2) is 69.7 Å². The summed E-state index contributed by atoms with van der Waals surface area (Å²) in [6, 6.07) is 13.8. The molecule has 3 aromatic heterocycles. The van der Waals surface area contributed by atoms with E-state index in [1.54, 1.807) is 48.7 Å². The van der Waals surface area contributed by atoms with E-state index in [1.807, 2.05) is 6.07 Å². The Balaban J connectivity index is 1.61. The van der Waals surface area contributed by atoms with E-state index in [9.17, 15) is 8.42 Å². The van der Waals surface area contributed by atoms with Gasteiger partial charge in [-0.3, -0.25) is 9.82 Å². The molecule has 0 atom stereocenters. The maximum absolute atomic E-state index is 12.6. The molecule has 0 radical (unpaired) electrons. The Morgan fingerprint density at radius 3 is 2.76 bits per heavy atom. The van der Waals surface area contributed by atoms with Crippen LogP contribution in [0.1, 0.15) is 0 Å². The Bertz CT molecular complexity index is 1080. The van der Waals surface area contributed by atoms with Crippen molar-refractivity contribution in [2.75, 3.05) is 4.72 Å². The minimum atomic E-state index is -3.68. The van der Waals surface area contributed by atoms with Gasteiger partial charge in [-0.05, 0) is 30.3 Å². The minimum absolute atomic E-state index is 0.224. The zero-order valence-corrected chi connectivity index (χ0v) is 14.3. The summed E-state index contributed by atoms with van der Waals surface area (Å²) in [7, 11) is -3.68. The molecular formula is C16H12N4O3S2. The minimum Gasteiger partial charge on any atom is -0.356 e. The number of rotatable bonds is 5. The summed E-state index contributed by atoms with van der Waals surface area (Å²) < 4.78 is 33.2. The highest BCUT2D eigenvalue weighted by molar-refractivity contribution is 7.94. The quantitative estimate of drug-likeness (QED) is 0.557. The van der Waals surface area contributed by atoms with Crippen molar-refractivity contribution in [1.82, 2.24) is 15.4 Å². The first-order valence-electron chi connectivity index (χ1n) is 7.25. The molecule has 0 bridgehead atoms. The molecule has 0 saturated heterocycles. The van der Waals surface area contributed by atoms with Gasteiger partial charge in [-0.25, -0.2) is 8.42 Å². The first kappa shape index (κ1) is 15.6. The Labute approximate surface area is 147 Å². The van der Waals surface area contributed by atoms with E-state index in [-0.39, 0.29) is 4.21 Å². The number of benzene rings is 1. The van der Waals surface area contributed by atoms with Gasteiger partial charge in [-0.1, -0.05) is 17.3 Å². The van der Waals surface area contributed by atoms with Crippen molar-refractivity contribution in [3.8, 4) is 21.9 Å². The highest BCUT2D eigenvalue weighted by atomic mass is 32.2. The van der Waals surface area contributed by atoms with Gasteiger partial charge in [0.25, 0.3) is 10.0 Å². The summed E-state index contributed by atoms with van der Waals surface area (Å²) in [6.07, 6.45) is 3.16. The molecule has 4 aromatic rings. The van der Waals surface area contributed by atoms with Crippen LogP contribution < -0.4 is 4.72 Å². The van der Waals surface area contributed by atoms with Gasteiger partial charge in [0.15, 0.2) is 5.76 Å². The average molecular weight is 372 g/mol. The second kappa shape index (κ2) is 6.19. The van der Waals surface area contributed by atoms with Gasteiger partial charge >= 0.3 is 0 Å². The van der Waals surface area contributed by atoms with Gasteiger partial charge < -0.3 is 4.52 Å². The normalized spacial score (nSPS) is 11.5. The summed E-state index contributed by atoms with van der Waals surface area (Å²) in [5.74, 6) is 0.568. The van der Waals surface area contributed by atoms with Crippen LogP contribution in [0.2, 0.25) is 0 Å². The lowest BCUT2D eigenvalue weighted by Crippen LogP contribution is -2.11. The van der Waals surface area contributed by atoms with E-state index in [1.165, 1.54) is 17.5 Å². The van der Waals surface area contributed by atoms with Crippen molar-refractivity contribution in [2.24, 2.45) is 0 Å². The second-order valence-corrected chi connectivity index (χ2v) is 8.15. The third-order valence-electron chi connectivity index (χ3n) is 3.45. The predicted octanol–water partition coefficient (Wildman–Crippen LogP) is 3.59. The van der Waals surface area contributed by atoms with Gasteiger partial charge in [-0.2, -0.15) is 5.10 Å². The number of thiophene rings is 1. The van der Waals surface area contributed by atoms with Crippen molar-refractivity contribution in [2.45, 2.75) is 4.21 Å². The molecule has 9 heteroatoms. The molecule has 0 spiro atoms. The van der Waals surface area contributed by atoms with Crippen LogP contribution >= 0.6 is 11.3 Å². The van der Waals surface area contributed by atoms with Crippen LogP contribution in [0.25, 0.3) is 21.9 Å². The van der Waals surface area contributed by atoms with E-state index in [0.29, 0.717) is 11.4 Å². The van der Waals surface area contributed by atoms with Gasteiger partial charge in [0.05, 0.1) is 16.8 Å². The largest absolute Gasteiger partial charge is 0.356 e. The lowest BCUT2D eigenvalue weighted by Gasteiger charge is -2.07. The SMILES string of the molecule is O=S(=O)(Nc1cccc(-c2ccno2)c1)c1ccc(-c2ccn[nH]2)s1. The van der Waals surface area contributed by atoms with Gasteiger partial charge in [-0.15, -0.1) is 11.3 Å². The van der Waals surface area contributed by atoms with Crippen molar-refractivity contribution in [3.05, 3.63) is 60.9 Å². The Kier molecular flexibility index (Phi) is 3.86. The number of aromatic nitrogens is 3. The van der Waals surface area contributed by atoms with Crippen molar-refractivity contribution >= 4 is 27.0 Å². The Morgan fingerprint density at radius 2 is 2.00 bits per heavy atom. The van der Waals surface area contributed by atoms with Crippen LogP contribution in [0.4, 0.5) is 5.69 Å². The molecule has 0 aliphatic carbocycles. The molecule has 7 nitrogen and oxygen atoms in total. The topological polar surface area (TPSA) is 101 Å². The zero-order chi connectivity index (χ0) is 17.3. The highest BCUT2D eigenvalue weighted by Crippen LogP contribution is 2.31. The molecule has 4 rings (SSSR count). The lowest BCUT2D eigenvalue weighted by atomic mass is 10.1. The molecular weight excluding hydrogens is 360 g/mol. The number of nitrogens with zero attached hydrogens (tertiary/aromatic N) is 2. The van der Waals surface area contributed by atoms with Crippen LogP contribution in [-0.4, -0.2) is 23.8 Å². The van der Waals surface area contributed by atoms with Crippen LogP contribution in [0, 0.1) is 0 Å². The molecule has 0 fully saturated rings. The standard InChI is InChI=1S/C16H12N4O3S2/c21-25(22,16-5-4-15(24-16)13-6-8-17-19-13)20-12-3-1-2-11(10-12)14-7-9-18-23-14/h1-10,20H,(H,17,19). The number of anilines is 1. The molecule has 3 heterocycles. The number of aromatic amines is 1. The van der Waals surface area contributed by atoms with E-state index in [0.717, 1.165) is 16.1 Å². The monoisotopic (exact) mass is 372 g/mol. The molecule has 0 saturated carbocycles. The fourth-order valence-corrected chi connectivity index (χ4v) is 4.64. The smallest absolute Gasteiger partial charge is 0.271 e. The van der Waals surface area contributed by atoms with E-state index in [4.69, 9.17) is 4.52 Å². The Hall–Kier alpha value is -2.91. The fraction of sp³-hybridized carbons (Fsp3) is 0. The molecule has 0 amide bonds. The maximum Gasteiger partial charge on any atom is 0.271 e. The molecule has 0 aliphatic rings. The molecule has 2 N–H and O–H groups in total. The maximum atomic E-state index is 12.6. The number of nitrogens with one attached hydrogen (secondary N) is 2. The van der Waals surface area contributed by atoms with Crippen LogP contribution in [0.3, 0.4) is 0 Å². The van der Waals surface area contributed by atoms with Gasteiger partial charge in [0.1, 0.15) is 4.21 Å². The van der Waals surface area contributed by atoms with Gasteiger partial charge in [0, 0.05) is 23.5 Å². The zero-order valence-electron chi connectivity index (χ0n) is 12.7. The molecule has 25 heavy (non-hydrogen) atoms. The van der Waals surface area contributed by atoms with Crippen molar-refractivity contribution < 1.29 is 12.9 Å². The summed E-state index contributed by atoms with van der Waals surface area (Å²) in [6.45, 7) is 0. The molecule has 126 valence electrons. The number of hydrogen-bond acceptors (Lipinski definition) is 6. The summed E-state index contributed by atoms with van der Waals surface area (Å²) in [4.78, 5) is 0.799. The third kappa shape index (κ3) is 3.19. The predicted molar refractivity (Wildman–Crippen MR) is 94.6 cm³/mol. The summed E-state index contributed by atoms with van der Waals surface area (Å²) in [5.41, 5.74) is 1.96. The summed E-state index contributed by atoms with van der Waals surface area (Å²) >= 11 is 1.17. The second-order valence-electron chi connectivity index (χ2n) is 5.15. The first-order valence-corrected chi connectivity index (χ1v) is 9.55. The number of hydrogen-bond donors (Lipinski definition) is 2.